The van der Waals surface area contributed by atoms with Crippen LogP contribution in [-0.2, 0) is 4.79 Å². The van der Waals surface area contributed by atoms with E-state index < -0.39 is 4.92 Å². The van der Waals surface area contributed by atoms with Gasteiger partial charge in [0.15, 0.2) is 0 Å². The first-order valence-electron chi connectivity index (χ1n) is 7.95. The maximum absolute atomic E-state index is 12.5. The summed E-state index contributed by atoms with van der Waals surface area (Å²) in [6.07, 6.45) is 2.26. The average Bonchev–Trinajstić information content (AvgIpc) is 3.15. The molecular formula is C16H22N4O3. The van der Waals surface area contributed by atoms with Crippen molar-refractivity contribution >= 4 is 17.4 Å². The standard InChI is InChI=1S/C16H22N4O3/c1-11-10-18(15(21)13-8-16(13,2)3)6-7-19(11)14-5-4-12(9-17-14)20(22)23/h4-5,9,11,13H,6-8,10H2,1-3H3/t11-,13-/m1/s1. The van der Waals surface area contributed by atoms with Crippen LogP contribution in [0, 0.1) is 21.4 Å². The zero-order valence-corrected chi connectivity index (χ0v) is 13.7. The Morgan fingerprint density at radius 2 is 2.09 bits per heavy atom. The van der Waals surface area contributed by atoms with E-state index in [9.17, 15) is 14.9 Å². The van der Waals surface area contributed by atoms with Crippen molar-refractivity contribution in [1.29, 1.82) is 0 Å². The largest absolute Gasteiger partial charge is 0.350 e. The first-order valence-corrected chi connectivity index (χ1v) is 7.95. The molecular weight excluding hydrogens is 296 g/mol. The Morgan fingerprint density at radius 1 is 1.39 bits per heavy atom. The molecule has 23 heavy (non-hydrogen) atoms. The Hall–Kier alpha value is -2.18. The lowest BCUT2D eigenvalue weighted by Gasteiger charge is -2.40. The molecule has 1 aromatic heterocycles. The van der Waals surface area contributed by atoms with Crippen molar-refractivity contribution in [3.63, 3.8) is 0 Å². The van der Waals surface area contributed by atoms with E-state index in [1.807, 2.05) is 4.90 Å². The number of rotatable bonds is 3. The summed E-state index contributed by atoms with van der Waals surface area (Å²) in [4.78, 5) is 31.0. The van der Waals surface area contributed by atoms with Gasteiger partial charge in [-0.05, 0) is 24.8 Å². The first-order chi connectivity index (χ1) is 10.8. The van der Waals surface area contributed by atoms with Gasteiger partial charge in [0.05, 0.1) is 4.92 Å². The molecule has 0 radical (unpaired) electrons. The Morgan fingerprint density at radius 3 is 2.57 bits per heavy atom. The van der Waals surface area contributed by atoms with Crippen molar-refractivity contribution in [2.24, 2.45) is 11.3 Å². The van der Waals surface area contributed by atoms with Crippen LogP contribution in [0.1, 0.15) is 27.2 Å². The molecule has 1 saturated heterocycles. The van der Waals surface area contributed by atoms with Gasteiger partial charge in [-0.15, -0.1) is 0 Å². The fourth-order valence-corrected chi connectivity index (χ4v) is 3.26. The van der Waals surface area contributed by atoms with Gasteiger partial charge in [-0.1, -0.05) is 13.8 Å². The number of carbonyl (C=O) groups is 1. The first kappa shape index (κ1) is 15.7. The van der Waals surface area contributed by atoms with Crippen LogP contribution >= 0.6 is 0 Å². The minimum Gasteiger partial charge on any atom is -0.350 e. The summed E-state index contributed by atoms with van der Waals surface area (Å²) in [5.74, 6) is 1.15. The molecule has 0 bridgehead atoms. The quantitative estimate of drug-likeness (QED) is 0.629. The lowest BCUT2D eigenvalue weighted by Crippen LogP contribution is -2.54. The van der Waals surface area contributed by atoms with Crippen LogP contribution in [-0.4, -0.2) is 46.4 Å². The third-order valence-electron chi connectivity index (χ3n) is 4.99. The van der Waals surface area contributed by atoms with Crippen LogP contribution in [0.4, 0.5) is 11.5 Å². The van der Waals surface area contributed by atoms with Crippen LogP contribution in [0.15, 0.2) is 18.3 Å². The normalized spacial score (nSPS) is 26.0. The van der Waals surface area contributed by atoms with Crippen LogP contribution in [0.3, 0.4) is 0 Å². The molecule has 0 N–H and O–H groups in total. The Balaban J connectivity index is 1.64. The molecule has 2 fully saturated rings. The number of amides is 1. The van der Waals surface area contributed by atoms with Crippen molar-refractivity contribution in [1.82, 2.24) is 9.88 Å². The molecule has 0 unspecified atom stereocenters. The number of nitro groups is 1. The number of hydrogen-bond acceptors (Lipinski definition) is 5. The molecule has 1 aliphatic carbocycles. The Kier molecular flexibility index (Phi) is 3.74. The molecule has 2 atom stereocenters. The predicted molar refractivity (Wildman–Crippen MR) is 86.2 cm³/mol. The van der Waals surface area contributed by atoms with Gasteiger partial charge in [-0.2, -0.15) is 0 Å². The summed E-state index contributed by atoms with van der Waals surface area (Å²) in [5, 5.41) is 10.7. The van der Waals surface area contributed by atoms with Crippen LogP contribution in [0.2, 0.25) is 0 Å². The van der Waals surface area contributed by atoms with Gasteiger partial charge in [-0.3, -0.25) is 14.9 Å². The van der Waals surface area contributed by atoms with Crippen molar-refractivity contribution < 1.29 is 9.72 Å². The van der Waals surface area contributed by atoms with Gasteiger partial charge >= 0.3 is 0 Å². The van der Waals surface area contributed by atoms with Gasteiger partial charge in [0.25, 0.3) is 5.69 Å². The third-order valence-corrected chi connectivity index (χ3v) is 4.99. The molecule has 2 heterocycles. The molecule has 1 saturated carbocycles. The summed E-state index contributed by atoms with van der Waals surface area (Å²) in [6.45, 7) is 8.37. The highest BCUT2D eigenvalue weighted by atomic mass is 16.6. The fraction of sp³-hybridized carbons (Fsp3) is 0.625. The lowest BCUT2D eigenvalue weighted by molar-refractivity contribution is -0.385. The number of hydrogen-bond donors (Lipinski definition) is 0. The maximum atomic E-state index is 12.5. The molecule has 7 heteroatoms. The number of anilines is 1. The van der Waals surface area contributed by atoms with Gasteiger partial charge in [-0.25, -0.2) is 4.98 Å². The Labute approximate surface area is 135 Å². The smallest absolute Gasteiger partial charge is 0.287 e. The number of aromatic nitrogens is 1. The summed E-state index contributed by atoms with van der Waals surface area (Å²) < 4.78 is 0. The molecule has 7 nitrogen and oxygen atoms in total. The second-order valence-electron chi connectivity index (χ2n) is 7.20. The molecule has 1 aliphatic heterocycles. The van der Waals surface area contributed by atoms with Gasteiger partial charge in [0.1, 0.15) is 12.0 Å². The van der Waals surface area contributed by atoms with Crippen molar-refractivity contribution in [3.05, 3.63) is 28.4 Å². The number of carbonyl (C=O) groups excluding carboxylic acids is 1. The average molecular weight is 318 g/mol. The molecule has 1 amide bonds. The molecule has 3 rings (SSSR count). The van der Waals surface area contributed by atoms with E-state index in [2.05, 4.69) is 30.7 Å². The van der Waals surface area contributed by atoms with E-state index in [-0.39, 0.29) is 29.0 Å². The third kappa shape index (κ3) is 3.00. The predicted octanol–water partition coefficient (Wildman–Crippen LogP) is 2.07. The summed E-state index contributed by atoms with van der Waals surface area (Å²) in [5.41, 5.74) is 0.142. The molecule has 0 spiro atoms. The van der Waals surface area contributed by atoms with E-state index in [0.717, 1.165) is 12.2 Å². The van der Waals surface area contributed by atoms with Gasteiger partial charge in [0.2, 0.25) is 5.91 Å². The minimum absolute atomic E-state index is 0.00817. The van der Waals surface area contributed by atoms with Gasteiger partial charge < -0.3 is 9.80 Å². The van der Waals surface area contributed by atoms with Crippen molar-refractivity contribution in [3.8, 4) is 0 Å². The topological polar surface area (TPSA) is 79.6 Å². The number of piperazine rings is 1. The Bertz CT molecular complexity index is 629. The van der Waals surface area contributed by atoms with Crippen molar-refractivity contribution in [2.75, 3.05) is 24.5 Å². The highest BCUT2D eigenvalue weighted by molar-refractivity contribution is 5.82. The van der Waals surface area contributed by atoms with E-state index in [0.29, 0.717) is 19.6 Å². The van der Waals surface area contributed by atoms with Crippen LogP contribution in [0.25, 0.3) is 0 Å². The second kappa shape index (κ2) is 5.47. The molecule has 2 aliphatic rings. The molecule has 1 aromatic rings. The summed E-state index contributed by atoms with van der Waals surface area (Å²) in [7, 11) is 0. The molecule has 124 valence electrons. The lowest BCUT2D eigenvalue weighted by atomic mass is 10.1. The fourth-order valence-electron chi connectivity index (χ4n) is 3.26. The maximum Gasteiger partial charge on any atom is 0.287 e. The number of pyridine rings is 1. The van der Waals surface area contributed by atoms with E-state index in [4.69, 9.17) is 0 Å². The van der Waals surface area contributed by atoms with E-state index >= 15 is 0 Å². The van der Waals surface area contributed by atoms with E-state index in [1.54, 1.807) is 6.07 Å². The highest BCUT2D eigenvalue weighted by Gasteiger charge is 2.52. The van der Waals surface area contributed by atoms with Crippen molar-refractivity contribution in [2.45, 2.75) is 33.2 Å². The zero-order chi connectivity index (χ0) is 16.8. The zero-order valence-electron chi connectivity index (χ0n) is 13.7. The SMILES string of the molecule is C[C@@H]1CN(C(=O)[C@H]2CC2(C)C)CCN1c1ccc([N+](=O)[O-])cn1. The second-order valence-corrected chi connectivity index (χ2v) is 7.20. The number of nitrogens with zero attached hydrogens (tertiary/aromatic N) is 4. The van der Waals surface area contributed by atoms with Crippen LogP contribution in [0.5, 0.6) is 0 Å². The summed E-state index contributed by atoms with van der Waals surface area (Å²) >= 11 is 0. The summed E-state index contributed by atoms with van der Waals surface area (Å²) in [6, 6.07) is 3.29. The van der Waals surface area contributed by atoms with Crippen LogP contribution < -0.4 is 4.90 Å². The van der Waals surface area contributed by atoms with E-state index in [1.165, 1.54) is 12.3 Å². The minimum atomic E-state index is -0.450. The molecule has 0 aromatic carbocycles. The monoisotopic (exact) mass is 318 g/mol. The van der Waals surface area contributed by atoms with Gasteiger partial charge in [0, 0.05) is 37.7 Å². The highest BCUT2D eigenvalue weighted by Crippen LogP contribution is 2.52.